The molecule has 1 aliphatic heterocycles. The third-order valence-electron chi connectivity index (χ3n) is 2.64. The van der Waals surface area contributed by atoms with Gasteiger partial charge in [-0.15, -0.1) is 0 Å². The van der Waals surface area contributed by atoms with Crippen LogP contribution in [-0.2, 0) is 4.79 Å². The molecule has 0 bridgehead atoms. The predicted octanol–water partition coefficient (Wildman–Crippen LogP) is 2.05. The summed E-state index contributed by atoms with van der Waals surface area (Å²) in [6.45, 7) is 4.08. The molecule has 1 aromatic carbocycles. The second-order valence-electron chi connectivity index (χ2n) is 4.49. The number of fused-ring (bicyclic) bond motifs is 1. The van der Waals surface area contributed by atoms with Crippen LogP contribution in [0.15, 0.2) is 18.2 Å². The van der Waals surface area contributed by atoms with E-state index < -0.39 is 5.41 Å². The highest BCUT2D eigenvalue weighted by Crippen LogP contribution is 2.34. The monoisotopic (exact) mass is 221 g/mol. The van der Waals surface area contributed by atoms with E-state index in [-0.39, 0.29) is 5.91 Å². The summed E-state index contributed by atoms with van der Waals surface area (Å²) in [4.78, 5) is 11.9. The maximum atomic E-state index is 11.9. The lowest BCUT2D eigenvalue weighted by Crippen LogP contribution is -2.33. The Kier molecular flexibility index (Phi) is 2.50. The fourth-order valence-corrected chi connectivity index (χ4v) is 1.47. The van der Waals surface area contributed by atoms with Gasteiger partial charge in [0.1, 0.15) is 18.1 Å². The van der Waals surface area contributed by atoms with Crippen LogP contribution in [0.2, 0.25) is 0 Å². The fraction of sp³-hybridized carbons (Fsp3) is 0.417. The summed E-state index contributed by atoms with van der Waals surface area (Å²) in [6, 6.07) is 5.37. The van der Waals surface area contributed by atoms with Gasteiger partial charge in [-0.25, -0.2) is 0 Å². The van der Waals surface area contributed by atoms with Crippen LogP contribution in [0.1, 0.15) is 13.8 Å². The number of amides is 1. The van der Waals surface area contributed by atoms with E-state index in [1.54, 1.807) is 19.2 Å². The van der Waals surface area contributed by atoms with Crippen LogP contribution in [-0.4, -0.2) is 19.6 Å². The summed E-state index contributed by atoms with van der Waals surface area (Å²) in [7, 11) is 1.59. The van der Waals surface area contributed by atoms with Crippen LogP contribution in [0.5, 0.6) is 11.5 Å². The van der Waals surface area contributed by atoms with Crippen molar-refractivity contribution >= 4 is 11.6 Å². The Morgan fingerprint density at radius 1 is 1.44 bits per heavy atom. The predicted molar refractivity (Wildman–Crippen MR) is 60.9 cm³/mol. The standard InChI is InChI=1S/C12H15NO3/c1-12(2)7-16-10-5-4-8(15-3)6-9(10)13-11(12)14/h4-6H,7H2,1-3H3,(H,13,14). The molecule has 1 amide bonds. The van der Waals surface area contributed by atoms with Gasteiger partial charge in [0.15, 0.2) is 0 Å². The normalized spacial score (nSPS) is 17.8. The highest BCUT2D eigenvalue weighted by atomic mass is 16.5. The van der Waals surface area contributed by atoms with Crippen molar-refractivity contribution < 1.29 is 14.3 Å². The molecule has 0 unspecified atom stereocenters. The average Bonchev–Trinajstić information content (AvgIpc) is 2.36. The zero-order valence-electron chi connectivity index (χ0n) is 9.66. The molecule has 0 atom stereocenters. The topological polar surface area (TPSA) is 47.6 Å². The minimum Gasteiger partial charge on any atom is -0.497 e. The van der Waals surface area contributed by atoms with Crippen molar-refractivity contribution in [2.75, 3.05) is 19.0 Å². The van der Waals surface area contributed by atoms with E-state index in [2.05, 4.69) is 5.32 Å². The van der Waals surface area contributed by atoms with Gasteiger partial charge in [-0.3, -0.25) is 4.79 Å². The minimum absolute atomic E-state index is 0.0421. The molecule has 1 N–H and O–H groups in total. The second-order valence-corrected chi connectivity index (χ2v) is 4.49. The van der Waals surface area contributed by atoms with Gasteiger partial charge in [0.25, 0.3) is 0 Å². The molecule has 0 aliphatic carbocycles. The Morgan fingerprint density at radius 2 is 2.19 bits per heavy atom. The Balaban J connectivity index is 2.37. The van der Waals surface area contributed by atoms with Gasteiger partial charge in [-0.05, 0) is 26.0 Å². The van der Waals surface area contributed by atoms with Crippen LogP contribution in [0.3, 0.4) is 0 Å². The smallest absolute Gasteiger partial charge is 0.233 e. The van der Waals surface area contributed by atoms with Crippen molar-refractivity contribution in [2.24, 2.45) is 5.41 Å². The molecule has 1 aromatic rings. The molecule has 0 saturated carbocycles. The molecule has 4 heteroatoms. The number of benzene rings is 1. The molecule has 86 valence electrons. The van der Waals surface area contributed by atoms with Gasteiger partial charge in [-0.2, -0.15) is 0 Å². The number of carbonyl (C=O) groups is 1. The number of hydrogen-bond acceptors (Lipinski definition) is 3. The zero-order chi connectivity index (χ0) is 11.8. The SMILES string of the molecule is COc1ccc2c(c1)NC(=O)C(C)(C)CO2. The van der Waals surface area contributed by atoms with Crippen molar-refractivity contribution in [3.8, 4) is 11.5 Å². The molecule has 0 saturated heterocycles. The van der Waals surface area contributed by atoms with Gasteiger partial charge in [-0.1, -0.05) is 0 Å². The van der Waals surface area contributed by atoms with E-state index in [0.717, 1.165) is 0 Å². The van der Waals surface area contributed by atoms with Crippen molar-refractivity contribution in [3.63, 3.8) is 0 Å². The van der Waals surface area contributed by atoms with Crippen molar-refractivity contribution in [1.82, 2.24) is 0 Å². The summed E-state index contributed by atoms with van der Waals surface area (Å²) in [5.74, 6) is 1.33. The number of ether oxygens (including phenoxy) is 2. The zero-order valence-corrected chi connectivity index (χ0v) is 9.66. The van der Waals surface area contributed by atoms with E-state index in [1.807, 2.05) is 19.9 Å². The molecule has 1 heterocycles. The lowest BCUT2D eigenvalue weighted by atomic mass is 9.94. The quantitative estimate of drug-likeness (QED) is 0.789. The van der Waals surface area contributed by atoms with Crippen molar-refractivity contribution in [1.29, 1.82) is 0 Å². The van der Waals surface area contributed by atoms with Crippen molar-refractivity contribution in [3.05, 3.63) is 18.2 Å². The number of methoxy groups -OCH3 is 1. The molecule has 2 rings (SSSR count). The minimum atomic E-state index is -0.522. The van der Waals surface area contributed by atoms with Crippen LogP contribution in [0.25, 0.3) is 0 Å². The van der Waals surface area contributed by atoms with Gasteiger partial charge >= 0.3 is 0 Å². The maximum absolute atomic E-state index is 11.9. The first-order valence-electron chi connectivity index (χ1n) is 5.15. The Hall–Kier alpha value is -1.71. The molecule has 0 aromatic heterocycles. The summed E-state index contributed by atoms with van der Waals surface area (Å²) < 4.78 is 10.7. The Morgan fingerprint density at radius 3 is 2.88 bits per heavy atom. The van der Waals surface area contributed by atoms with Crippen LogP contribution >= 0.6 is 0 Å². The van der Waals surface area contributed by atoms with Crippen molar-refractivity contribution in [2.45, 2.75) is 13.8 Å². The number of carbonyl (C=O) groups excluding carboxylic acids is 1. The molecule has 1 aliphatic rings. The fourth-order valence-electron chi connectivity index (χ4n) is 1.47. The molecule has 0 radical (unpaired) electrons. The highest BCUT2D eigenvalue weighted by molar-refractivity contribution is 5.97. The molecule has 0 spiro atoms. The summed E-state index contributed by atoms with van der Waals surface area (Å²) in [5.41, 5.74) is 0.140. The van der Waals surface area contributed by atoms with E-state index in [1.165, 1.54) is 0 Å². The van der Waals surface area contributed by atoms with Gasteiger partial charge < -0.3 is 14.8 Å². The summed E-state index contributed by atoms with van der Waals surface area (Å²) >= 11 is 0. The largest absolute Gasteiger partial charge is 0.497 e. The highest BCUT2D eigenvalue weighted by Gasteiger charge is 2.32. The third-order valence-corrected chi connectivity index (χ3v) is 2.64. The lowest BCUT2D eigenvalue weighted by molar-refractivity contribution is -0.124. The van der Waals surface area contributed by atoms with Crippen LogP contribution < -0.4 is 14.8 Å². The Labute approximate surface area is 94.6 Å². The molecule has 16 heavy (non-hydrogen) atoms. The number of rotatable bonds is 1. The number of hydrogen-bond donors (Lipinski definition) is 1. The van der Waals surface area contributed by atoms with Crippen LogP contribution in [0.4, 0.5) is 5.69 Å². The van der Waals surface area contributed by atoms with Gasteiger partial charge in [0, 0.05) is 6.07 Å². The van der Waals surface area contributed by atoms with Gasteiger partial charge in [0.05, 0.1) is 18.2 Å². The molecular formula is C12H15NO3. The first-order chi connectivity index (χ1) is 7.53. The van der Waals surface area contributed by atoms with E-state index in [9.17, 15) is 4.79 Å². The van der Waals surface area contributed by atoms with E-state index in [0.29, 0.717) is 23.8 Å². The first-order valence-corrected chi connectivity index (χ1v) is 5.15. The number of anilines is 1. The molecule has 0 fully saturated rings. The maximum Gasteiger partial charge on any atom is 0.233 e. The molecule has 4 nitrogen and oxygen atoms in total. The molecular weight excluding hydrogens is 206 g/mol. The van der Waals surface area contributed by atoms with Gasteiger partial charge in [0.2, 0.25) is 5.91 Å². The van der Waals surface area contributed by atoms with Crippen LogP contribution in [0, 0.1) is 5.41 Å². The average molecular weight is 221 g/mol. The summed E-state index contributed by atoms with van der Waals surface area (Å²) in [5, 5.41) is 2.84. The first kappa shape index (κ1) is 10.8. The second kappa shape index (κ2) is 3.70. The lowest BCUT2D eigenvalue weighted by Gasteiger charge is -2.18. The number of nitrogens with one attached hydrogen (secondary N) is 1. The third kappa shape index (κ3) is 1.83. The van der Waals surface area contributed by atoms with E-state index in [4.69, 9.17) is 9.47 Å². The summed E-state index contributed by atoms with van der Waals surface area (Å²) in [6.07, 6.45) is 0. The van der Waals surface area contributed by atoms with E-state index >= 15 is 0 Å². The Bertz CT molecular complexity index is 426.